The van der Waals surface area contributed by atoms with Crippen LogP contribution in [0.3, 0.4) is 0 Å². The second kappa shape index (κ2) is 8.39. The lowest BCUT2D eigenvalue weighted by Gasteiger charge is -2.35. The van der Waals surface area contributed by atoms with E-state index in [0.717, 1.165) is 19.4 Å². The van der Waals surface area contributed by atoms with Crippen molar-refractivity contribution < 1.29 is 5.11 Å². The van der Waals surface area contributed by atoms with Crippen LogP contribution >= 0.6 is 0 Å². The highest BCUT2D eigenvalue weighted by Gasteiger charge is 2.28. The van der Waals surface area contributed by atoms with Crippen LogP contribution in [0.1, 0.15) is 71.1 Å². The monoisotopic (exact) mass is 377 g/mol. The van der Waals surface area contributed by atoms with Crippen molar-refractivity contribution in [2.75, 3.05) is 19.6 Å². The van der Waals surface area contributed by atoms with Gasteiger partial charge in [0.05, 0.1) is 6.10 Å². The van der Waals surface area contributed by atoms with Crippen molar-refractivity contribution in [2.24, 2.45) is 5.92 Å². The highest BCUT2D eigenvalue weighted by molar-refractivity contribution is 5.38. The van der Waals surface area contributed by atoms with E-state index in [4.69, 9.17) is 0 Å². The summed E-state index contributed by atoms with van der Waals surface area (Å²) in [6.45, 7) is 10.2. The second-order valence-corrected chi connectivity index (χ2v) is 9.18. The molecule has 1 aliphatic heterocycles. The number of piperidine rings is 1. The molecule has 0 bridgehead atoms. The van der Waals surface area contributed by atoms with Gasteiger partial charge in [0.15, 0.2) is 0 Å². The number of likely N-dealkylation sites (tertiary alicyclic amines) is 1. The molecule has 0 aromatic heterocycles. The lowest BCUT2D eigenvalue weighted by atomic mass is 9.84. The van der Waals surface area contributed by atoms with E-state index >= 15 is 0 Å². The van der Waals surface area contributed by atoms with Crippen molar-refractivity contribution in [1.29, 1.82) is 0 Å². The summed E-state index contributed by atoms with van der Waals surface area (Å²) in [5, 5.41) is 10.8. The molecule has 2 nitrogen and oxygen atoms in total. The van der Waals surface area contributed by atoms with Crippen molar-refractivity contribution in [3.05, 3.63) is 69.8 Å². The Hall–Kier alpha value is -1.64. The van der Waals surface area contributed by atoms with Gasteiger partial charge in [0.1, 0.15) is 0 Å². The molecule has 28 heavy (non-hydrogen) atoms. The zero-order chi connectivity index (χ0) is 19.7. The minimum atomic E-state index is -0.297. The van der Waals surface area contributed by atoms with E-state index in [-0.39, 0.29) is 6.10 Å². The molecule has 0 radical (unpaired) electrons. The van der Waals surface area contributed by atoms with Crippen molar-refractivity contribution in [3.8, 4) is 0 Å². The number of hydrogen-bond acceptors (Lipinski definition) is 2. The van der Waals surface area contributed by atoms with Crippen LogP contribution in [0.2, 0.25) is 0 Å². The molecule has 0 spiro atoms. The van der Waals surface area contributed by atoms with Gasteiger partial charge in [-0.2, -0.15) is 0 Å². The molecule has 150 valence electrons. The Morgan fingerprint density at radius 1 is 0.893 bits per heavy atom. The molecule has 0 saturated carbocycles. The van der Waals surface area contributed by atoms with Crippen LogP contribution in [0.5, 0.6) is 0 Å². The second-order valence-electron chi connectivity index (χ2n) is 9.18. The zero-order valence-corrected chi connectivity index (χ0v) is 17.7. The lowest BCUT2D eigenvalue weighted by molar-refractivity contribution is 0.117. The average molecular weight is 378 g/mol. The first-order valence-corrected chi connectivity index (χ1v) is 11.1. The third-order valence-corrected chi connectivity index (χ3v) is 7.22. The van der Waals surface area contributed by atoms with Crippen molar-refractivity contribution >= 4 is 0 Å². The van der Waals surface area contributed by atoms with Gasteiger partial charge in [0, 0.05) is 6.54 Å². The number of fused-ring (bicyclic) bond motifs is 1. The molecule has 1 aliphatic carbocycles. The Kier molecular flexibility index (Phi) is 5.89. The van der Waals surface area contributed by atoms with E-state index < -0.39 is 0 Å². The first-order chi connectivity index (χ1) is 13.5. The number of aliphatic hydroxyl groups excluding tert-OH is 1. The highest BCUT2D eigenvalue weighted by Crippen LogP contribution is 2.36. The maximum absolute atomic E-state index is 10.8. The van der Waals surface area contributed by atoms with E-state index in [9.17, 15) is 5.11 Å². The Balaban J connectivity index is 1.36. The topological polar surface area (TPSA) is 23.5 Å². The molecule has 2 heteroatoms. The summed E-state index contributed by atoms with van der Waals surface area (Å²) in [6, 6.07) is 13.1. The quantitative estimate of drug-likeness (QED) is 0.716. The number of nitrogens with zero attached hydrogens (tertiary/aromatic N) is 1. The summed E-state index contributed by atoms with van der Waals surface area (Å²) in [4.78, 5) is 2.66. The predicted molar refractivity (Wildman–Crippen MR) is 117 cm³/mol. The first kappa shape index (κ1) is 19.7. The summed E-state index contributed by atoms with van der Waals surface area (Å²) in [6.07, 6.45) is 5.46. The number of hydrogen-bond donors (Lipinski definition) is 1. The average Bonchev–Trinajstić information content (AvgIpc) is 2.83. The third-order valence-electron chi connectivity index (χ3n) is 7.22. The summed E-state index contributed by atoms with van der Waals surface area (Å²) in [5.74, 6) is 1.31. The van der Waals surface area contributed by atoms with Gasteiger partial charge in [-0.1, -0.05) is 36.4 Å². The number of rotatable bonds is 3. The Morgan fingerprint density at radius 2 is 1.54 bits per heavy atom. The number of benzene rings is 2. The molecule has 0 amide bonds. The van der Waals surface area contributed by atoms with Gasteiger partial charge in [0.2, 0.25) is 0 Å². The van der Waals surface area contributed by atoms with Crippen LogP contribution in [0.15, 0.2) is 36.4 Å². The molecule has 1 unspecified atom stereocenters. The summed E-state index contributed by atoms with van der Waals surface area (Å²) >= 11 is 0. The molecule has 4 rings (SSSR count). The summed E-state index contributed by atoms with van der Waals surface area (Å²) < 4.78 is 0. The first-order valence-electron chi connectivity index (χ1n) is 11.1. The van der Waals surface area contributed by atoms with Crippen LogP contribution < -0.4 is 0 Å². The van der Waals surface area contributed by atoms with Crippen LogP contribution in [0.4, 0.5) is 0 Å². The number of aryl methyl sites for hydroxylation is 3. The van der Waals surface area contributed by atoms with E-state index in [1.54, 1.807) is 5.56 Å². The maximum Gasteiger partial charge on any atom is 0.0795 e. The molecular formula is C26H35NO. The third kappa shape index (κ3) is 4.04. The zero-order valence-electron chi connectivity index (χ0n) is 17.7. The van der Waals surface area contributed by atoms with Crippen LogP contribution in [-0.4, -0.2) is 29.6 Å². The largest absolute Gasteiger partial charge is 0.388 e. The van der Waals surface area contributed by atoms with Gasteiger partial charge in [0.25, 0.3) is 0 Å². The Labute approximate surface area is 170 Å². The van der Waals surface area contributed by atoms with Gasteiger partial charge < -0.3 is 10.0 Å². The van der Waals surface area contributed by atoms with Crippen LogP contribution in [-0.2, 0) is 6.42 Å². The van der Waals surface area contributed by atoms with Crippen LogP contribution in [0.25, 0.3) is 0 Å². The van der Waals surface area contributed by atoms with Gasteiger partial charge in [-0.3, -0.25) is 0 Å². The maximum atomic E-state index is 10.8. The molecule has 1 fully saturated rings. The van der Waals surface area contributed by atoms with E-state index in [1.807, 2.05) is 0 Å². The van der Waals surface area contributed by atoms with Gasteiger partial charge in [-0.05, 0) is 111 Å². The van der Waals surface area contributed by atoms with Crippen molar-refractivity contribution in [1.82, 2.24) is 4.90 Å². The molecule has 2 aromatic rings. The van der Waals surface area contributed by atoms with Crippen molar-refractivity contribution in [3.63, 3.8) is 0 Å². The summed E-state index contributed by atoms with van der Waals surface area (Å²) in [5.41, 5.74) is 8.42. The fourth-order valence-electron chi connectivity index (χ4n) is 5.69. The molecule has 1 saturated heterocycles. The van der Waals surface area contributed by atoms with E-state index in [1.165, 1.54) is 60.2 Å². The number of aliphatic hydroxyl groups is 1. The van der Waals surface area contributed by atoms with Gasteiger partial charge in [-0.15, -0.1) is 0 Å². The van der Waals surface area contributed by atoms with Crippen molar-refractivity contribution in [2.45, 2.75) is 64.9 Å². The molecule has 2 atom stereocenters. The minimum absolute atomic E-state index is 0.297. The summed E-state index contributed by atoms with van der Waals surface area (Å²) in [7, 11) is 0. The highest BCUT2D eigenvalue weighted by atomic mass is 16.3. The van der Waals surface area contributed by atoms with Gasteiger partial charge in [-0.25, -0.2) is 0 Å². The fraction of sp³-hybridized carbons (Fsp3) is 0.538. The predicted octanol–water partition coefficient (Wildman–Crippen LogP) is 5.48. The standard InChI is InChI=1S/C26H35NO/c1-18-6-5-9-24-23(18)11-10-21(16-25(24)28)17-27-14-12-22(13-15-27)26-19(2)7-4-8-20(26)3/h4-9,21-22,25,28H,10-17H2,1-3H3/t21?,25-/m0/s1. The smallest absolute Gasteiger partial charge is 0.0795 e. The molecule has 1 N–H and O–H groups in total. The Bertz CT molecular complexity index is 799. The normalized spacial score (nSPS) is 24.0. The molecule has 2 aromatic carbocycles. The van der Waals surface area contributed by atoms with E-state index in [0.29, 0.717) is 11.8 Å². The van der Waals surface area contributed by atoms with Crippen LogP contribution in [0, 0.1) is 26.7 Å². The molecule has 1 heterocycles. The lowest BCUT2D eigenvalue weighted by Crippen LogP contribution is -2.37. The molecular weight excluding hydrogens is 342 g/mol. The SMILES string of the molecule is Cc1cccc2c1CCC(CN1CCC(c3c(C)cccc3C)CC1)C[C@@H]2O. The fourth-order valence-corrected chi connectivity index (χ4v) is 5.69. The Morgan fingerprint density at radius 3 is 2.25 bits per heavy atom. The van der Waals surface area contributed by atoms with Gasteiger partial charge >= 0.3 is 0 Å². The molecule has 2 aliphatic rings. The minimum Gasteiger partial charge on any atom is -0.388 e. The van der Waals surface area contributed by atoms with E-state index in [2.05, 4.69) is 62.1 Å².